The lowest BCUT2D eigenvalue weighted by Gasteiger charge is -2.39. The van der Waals surface area contributed by atoms with E-state index in [1.165, 1.54) is 56.6 Å². The lowest BCUT2D eigenvalue weighted by atomic mass is 9.88. The van der Waals surface area contributed by atoms with Gasteiger partial charge in [-0.3, -0.25) is 4.79 Å². The molecule has 1 aromatic rings. The maximum atomic E-state index is 12.5. The summed E-state index contributed by atoms with van der Waals surface area (Å²) in [5.74, 6) is 3.35. The Bertz CT molecular complexity index is 634. The van der Waals surface area contributed by atoms with Crippen molar-refractivity contribution in [3.05, 3.63) is 29.8 Å². The second kappa shape index (κ2) is 5.87. The third-order valence-electron chi connectivity index (χ3n) is 7.16. The molecule has 128 valence electrons. The normalized spacial score (nSPS) is 33.4. The molecule has 1 amide bonds. The lowest BCUT2D eigenvalue weighted by Crippen LogP contribution is -2.47. The van der Waals surface area contributed by atoms with Gasteiger partial charge in [0.2, 0.25) is 5.91 Å². The summed E-state index contributed by atoms with van der Waals surface area (Å²) in [6.07, 6.45) is 8.87. The summed E-state index contributed by atoms with van der Waals surface area (Å²) < 4.78 is 0. The Kier molecular flexibility index (Phi) is 3.66. The molecule has 3 fully saturated rings. The summed E-state index contributed by atoms with van der Waals surface area (Å²) in [5, 5.41) is 0. The van der Waals surface area contributed by atoms with E-state index in [0.717, 1.165) is 30.6 Å². The molecular formula is C21H28N2O. The minimum atomic E-state index is 0.308. The topological polar surface area (TPSA) is 23.6 Å². The second-order valence-corrected chi connectivity index (χ2v) is 8.54. The van der Waals surface area contributed by atoms with E-state index in [1.54, 1.807) is 0 Å². The van der Waals surface area contributed by atoms with Crippen molar-refractivity contribution in [2.75, 3.05) is 24.5 Å². The number of hydrogen-bond donors (Lipinski definition) is 0. The standard InChI is InChI=1S/C21H28N2O/c24-21-13-17-3-1-2-4-20(17)23(21)19-7-9-22(10-8-19)14-18-12-15-5-6-16(18)11-15/h1-4,15-16,18-19H,5-14H2/t15-,16?,18+/m0/s1. The Morgan fingerprint density at radius 2 is 1.83 bits per heavy atom. The monoisotopic (exact) mass is 324 g/mol. The fourth-order valence-electron chi connectivity index (χ4n) is 5.97. The molecule has 0 N–H and O–H groups in total. The number of piperidine rings is 1. The third kappa shape index (κ3) is 2.48. The van der Waals surface area contributed by atoms with Crippen LogP contribution in [0.15, 0.2) is 24.3 Å². The van der Waals surface area contributed by atoms with Crippen LogP contribution in [0.1, 0.15) is 44.1 Å². The van der Waals surface area contributed by atoms with Gasteiger partial charge in [0, 0.05) is 31.4 Å². The van der Waals surface area contributed by atoms with E-state index in [0.29, 0.717) is 18.4 Å². The summed E-state index contributed by atoms with van der Waals surface area (Å²) in [4.78, 5) is 17.3. The van der Waals surface area contributed by atoms with Crippen LogP contribution in [-0.2, 0) is 11.2 Å². The zero-order valence-electron chi connectivity index (χ0n) is 14.5. The van der Waals surface area contributed by atoms with Crippen molar-refractivity contribution in [3.8, 4) is 0 Å². The number of likely N-dealkylation sites (tertiary alicyclic amines) is 1. The molecule has 4 aliphatic rings. The first-order valence-corrected chi connectivity index (χ1v) is 9.90. The van der Waals surface area contributed by atoms with Gasteiger partial charge in [0.15, 0.2) is 0 Å². The van der Waals surface area contributed by atoms with Crippen molar-refractivity contribution in [1.82, 2.24) is 4.90 Å². The van der Waals surface area contributed by atoms with E-state index in [9.17, 15) is 4.79 Å². The van der Waals surface area contributed by atoms with E-state index in [2.05, 4.69) is 28.0 Å². The van der Waals surface area contributed by atoms with Crippen LogP contribution in [0.2, 0.25) is 0 Å². The van der Waals surface area contributed by atoms with E-state index in [4.69, 9.17) is 0 Å². The Hall–Kier alpha value is -1.35. The highest BCUT2D eigenvalue weighted by atomic mass is 16.2. The molecule has 3 heteroatoms. The lowest BCUT2D eigenvalue weighted by molar-refractivity contribution is -0.118. The number of rotatable bonds is 3. The summed E-state index contributed by atoms with van der Waals surface area (Å²) in [7, 11) is 0. The van der Waals surface area contributed by atoms with Crippen LogP contribution in [0.25, 0.3) is 0 Å². The fourth-order valence-corrected chi connectivity index (χ4v) is 5.97. The molecule has 1 aromatic carbocycles. The number of amides is 1. The number of fused-ring (bicyclic) bond motifs is 3. The summed E-state index contributed by atoms with van der Waals surface area (Å²) in [5.41, 5.74) is 2.39. The SMILES string of the molecule is O=C1Cc2ccccc2N1C1CCN(C[C@H]2C[C@H]3CCC2C3)CC1. The van der Waals surface area contributed by atoms with Gasteiger partial charge in [-0.2, -0.15) is 0 Å². The minimum absolute atomic E-state index is 0.308. The van der Waals surface area contributed by atoms with Crippen LogP contribution in [0, 0.1) is 17.8 Å². The molecule has 2 saturated carbocycles. The number of carbonyl (C=O) groups excluding carboxylic acids is 1. The van der Waals surface area contributed by atoms with Crippen molar-refractivity contribution in [1.29, 1.82) is 0 Å². The summed E-state index contributed by atoms with van der Waals surface area (Å²) in [6.45, 7) is 3.66. The number of carbonyl (C=O) groups is 1. The minimum Gasteiger partial charge on any atom is -0.309 e. The van der Waals surface area contributed by atoms with Crippen LogP contribution in [0.5, 0.6) is 0 Å². The average molecular weight is 324 g/mol. The van der Waals surface area contributed by atoms with Gasteiger partial charge >= 0.3 is 0 Å². The van der Waals surface area contributed by atoms with Crippen LogP contribution in [0.3, 0.4) is 0 Å². The molecule has 5 rings (SSSR count). The van der Waals surface area contributed by atoms with Crippen molar-refractivity contribution >= 4 is 11.6 Å². The zero-order chi connectivity index (χ0) is 16.1. The van der Waals surface area contributed by atoms with Gasteiger partial charge in [-0.1, -0.05) is 24.6 Å². The Balaban J connectivity index is 1.21. The number of para-hydroxylation sites is 1. The molecule has 24 heavy (non-hydrogen) atoms. The molecular weight excluding hydrogens is 296 g/mol. The zero-order valence-corrected chi connectivity index (χ0v) is 14.5. The summed E-state index contributed by atoms with van der Waals surface area (Å²) >= 11 is 0. The highest BCUT2D eigenvalue weighted by molar-refractivity contribution is 6.01. The first kappa shape index (κ1) is 14.9. The fraction of sp³-hybridized carbons (Fsp3) is 0.667. The smallest absolute Gasteiger partial charge is 0.231 e. The number of nitrogens with zero attached hydrogens (tertiary/aromatic N) is 2. The van der Waals surface area contributed by atoms with Gasteiger partial charge in [0.1, 0.15) is 0 Å². The molecule has 2 heterocycles. The molecule has 0 aromatic heterocycles. The van der Waals surface area contributed by atoms with Gasteiger partial charge in [-0.15, -0.1) is 0 Å². The first-order chi connectivity index (χ1) is 11.8. The highest BCUT2D eigenvalue weighted by Gasteiger charge is 2.41. The van der Waals surface area contributed by atoms with Crippen molar-refractivity contribution < 1.29 is 4.79 Å². The van der Waals surface area contributed by atoms with Crippen molar-refractivity contribution in [2.45, 2.75) is 51.0 Å². The molecule has 3 atom stereocenters. The number of hydrogen-bond acceptors (Lipinski definition) is 2. The molecule has 1 unspecified atom stereocenters. The third-order valence-corrected chi connectivity index (χ3v) is 7.16. The number of benzene rings is 1. The quantitative estimate of drug-likeness (QED) is 0.850. The first-order valence-electron chi connectivity index (χ1n) is 9.90. The number of anilines is 1. The Labute approximate surface area is 145 Å². The van der Waals surface area contributed by atoms with Crippen LogP contribution in [0.4, 0.5) is 5.69 Å². The van der Waals surface area contributed by atoms with Crippen molar-refractivity contribution in [2.24, 2.45) is 17.8 Å². The summed E-state index contributed by atoms with van der Waals surface area (Å²) in [6, 6.07) is 8.76. The molecule has 2 bridgehead atoms. The molecule has 0 spiro atoms. The molecule has 2 aliphatic carbocycles. The van der Waals surface area contributed by atoms with E-state index >= 15 is 0 Å². The molecule has 2 aliphatic heterocycles. The van der Waals surface area contributed by atoms with Crippen LogP contribution in [-0.4, -0.2) is 36.5 Å². The van der Waals surface area contributed by atoms with Gasteiger partial charge < -0.3 is 9.80 Å². The van der Waals surface area contributed by atoms with Gasteiger partial charge in [-0.25, -0.2) is 0 Å². The highest BCUT2D eigenvalue weighted by Crippen LogP contribution is 2.48. The predicted molar refractivity (Wildman–Crippen MR) is 96.0 cm³/mol. The molecule has 0 radical (unpaired) electrons. The average Bonchev–Trinajstić information content (AvgIpc) is 3.29. The van der Waals surface area contributed by atoms with E-state index in [-0.39, 0.29) is 0 Å². The van der Waals surface area contributed by atoms with E-state index < -0.39 is 0 Å². The van der Waals surface area contributed by atoms with Crippen molar-refractivity contribution in [3.63, 3.8) is 0 Å². The van der Waals surface area contributed by atoms with Gasteiger partial charge in [0.05, 0.1) is 6.42 Å². The van der Waals surface area contributed by atoms with Gasteiger partial charge in [0.25, 0.3) is 0 Å². The van der Waals surface area contributed by atoms with Crippen LogP contribution < -0.4 is 4.90 Å². The van der Waals surface area contributed by atoms with Crippen LogP contribution >= 0.6 is 0 Å². The Morgan fingerprint density at radius 1 is 1.00 bits per heavy atom. The molecule has 3 nitrogen and oxygen atoms in total. The predicted octanol–water partition coefficient (Wildman–Crippen LogP) is 3.48. The Morgan fingerprint density at radius 3 is 2.58 bits per heavy atom. The van der Waals surface area contributed by atoms with Gasteiger partial charge in [-0.05, 0) is 61.5 Å². The maximum absolute atomic E-state index is 12.5. The maximum Gasteiger partial charge on any atom is 0.231 e. The largest absolute Gasteiger partial charge is 0.309 e. The molecule has 1 saturated heterocycles. The second-order valence-electron chi connectivity index (χ2n) is 8.54. The van der Waals surface area contributed by atoms with E-state index in [1.807, 2.05) is 6.07 Å².